The molecule has 2 aromatic rings. The zero-order valence-corrected chi connectivity index (χ0v) is 18.5. The van der Waals surface area contributed by atoms with Gasteiger partial charge in [0, 0.05) is 11.8 Å². The Hall–Kier alpha value is -2.77. The molecule has 1 aromatic carbocycles. The van der Waals surface area contributed by atoms with E-state index in [4.69, 9.17) is 22.1 Å². The van der Waals surface area contributed by atoms with Crippen molar-refractivity contribution in [2.75, 3.05) is 13.1 Å². The summed E-state index contributed by atoms with van der Waals surface area (Å²) in [7, 11) is 0. The Kier molecular flexibility index (Phi) is 7.41. The van der Waals surface area contributed by atoms with Crippen molar-refractivity contribution in [1.82, 2.24) is 15.1 Å². The van der Waals surface area contributed by atoms with E-state index in [1.54, 1.807) is 13.0 Å². The minimum atomic E-state index is -0.759. The van der Waals surface area contributed by atoms with Gasteiger partial charge in [-0.2, -0.15) is 5.10 Å². The number of hydrogen-bond donors (Lipinski definition) is 3. The van der Waals surface area contributed by atoms with E-state index in [9.17, 15) is 9.50 Å². The summed E-state index contributed by atoms with van der Waals surface area (Å²) in [6, 6.07) is 2.71. The number of nitrogens with zero attached hydrogens (tertiary/aromatic N) is 2. The summed E-state index contributed by atoms with van der Waals surface area (Å²) in [5.74, 6) is -0.494. The first kappa shape index (κ1) is 22.9. The van der Waals surface area contributed by atoms with Crippen molar-refractivity contribution in [2.45, 2.75) is 38.8 Å². The van der Waals surface area contributed by atoms with Gasteiger partial charge in [0.25, 0.3) is 0 Å². The fourth-order valence-corrected chi connectivity index (χ4v) is 3.94. The Labute approximate surface area is 186 Å². The highest BCUT2D eigenvalue weighted by molar-refractivity contribution is 6.31. The number of ether oxygens (including phenoxy) is 1. The van der Waals surface area contributed by atoms with Crippen LogP contribution >= 0.6 is 11.6 Å². The summed E-state index contributed by atoms with van der Waals surface area (Å²) in [6.45, 7) is 9.31. The number of nitrogens with one attached hydrogen (secondary N) is 1. The summed E-state index contributed by atoms with van der Waals surface area (Å²) in [6.07, 6.45) is 8.81. The Morgan fingerprint density at radius 3 is 2.81 bits per heavy atom. The Morgan fingerprint density at radius 2 is 2.16 bits per heavy atom. The normalized spacial score (nSPS) is 16.9. The van der Waals surface area contributed by atoms with Crippen LogP contribution in [0.3, 0.4) is 0 Å². The highest BCUT2D eigenvalue weighted by atomic mass is 35.5. The molecule has 3 rings (SSSR count). The first-order valence-corrected chi connectivity index (χ1v) is 10.6. The van der Waals surface area contributed by atoms with Gasteiger partial charge in [0.2, 0.25) is 0 Å². The van der Waals surface area contributed by atoms with Crippen LogP contribution in [0.25, 0.3) is 5.57 Å². The van der Waals surface area contributed by atoms with E-state index < -0.39 is 11.9 Å². The standard InChI is InChI=1S/C23H28ClFN4O2/c1-4-16(17-12-28-29(13-17)18-7-9-27-10-8-18)11-21(14(2)26)31-15(3)22-20(30)6-5-19(25)23(22)24/h4-6,11-13,15,18,27,30H,2,7-10,26H2,1,3H3/b16-4+,21-11+/t15-/m1/s1. The number of allylic oxidation sites excluding steroid dienone is 3. The second kappa shape index (κ2) is 10.0. The van der Waals surface area contributed by atoms with Crippen molar-refractivity contribution >= 4 is 17.2 Å². The number of benzene rings is 1. The van der Waals surface area contributed by atoms with Crippen molar-refractivity contribution < 1.29 is 14.2 Å². The van der Waals surface area contributed by atoms with Crippen LogP contribution in [0.5, 0.6) is 5.75 Å². The lowest BCUT2D eigenvalue weighted by atomic mass is 10.1. The van der Waals surface area contributed by atoms with Crippen molar-refractivity contribution in [3.8, 4) is 5.75 Å². The molecule has 0 amide bonds. The van der Waals surface area contributed by atoms with E-state index in [0.717, 1.165) is 43.1 Å². The van der Waals surface area contributed by atoms with E-state index in [2.05, 4.69) is 17.0 Å². The number of phenols is 1. The monoisotopic (exact) mass is 446 g/mol. The molecule has 1 fully saturated rings. The maximum absolute atomic E-state index is 13.9. The lowest BCUT2D eigenvalue weighted by Gasteiger charge is -2.22. The highest BCUT2D eigenvalue weighted by Gasteiger charge is 2.21. The molecular weight excluding hydrogens is 419 g/mol. The molecule has 0 unspecified atom stereocenters. The summed E-state index contributed by atoms with van der Waals surface area (Å²) in [5, 5.41) is 17.8. The lowest BCUT2D eigenvalue weighted by molar-refractivity contribution is 0.136. The number of aromatic hydroxyl groups is 1. The molecule has 0 bridgehead atoms. The molecule has 166 valence electrons. The predicted molar refractivity (Wildman–Crippen MR) is 121 cm³/mol. The number of phenolic OH excluding ortho intramolecular Hbond substituents is 1. The van der Waals surface area contributed by atoms with Gasteiger partial charge in [-0.05, 0) is 63.6 Å². The predicted octanol–water partition coefficient (Wildman–Crippen LogP) is 4.84. The summed E-state index contributed by atoms with van der Waals surface area (Å²) in [4.78, 5) is 0. The molecule has 1 aliphatic heterocycles. The molecule has 0 spiro atoms. The molecule has 0 radical (unpaired) electrons. The SMILES string of the molecule is C=C(N)/C(=C\C(=C/C)c1cnn(C2CCNCC2)c1)O[C@H](C)c1c(O)ccc(F)c1Cl. The van der Waals surface area contributed by atoms with Crippen LogP contribution in [-0.4, -0.2) is 28.0 Å². The third-order valence-electron chi connectivity index (χ3n) is 5.35. The maximum atomic E-state index is 13.9. The highest BCUT2D eigenvalue weighted by Crippen LogP contribution is 2.37. The molecule has 2 heterocycles. The summed E-state index contributed by atoms with van der Waals surface area (Å²) in [5.41, 5.74) is 8.08. The zero-order chi connectivity index (χ0) is 22.5. The smallest absolute Gasteiger partial charge is 0.143 e. The second-order valence-corrected chi connectivity index (χ2v) is 7.90. The minimum Gasteiger partial charge on any atom is -0.507 e. The van der Waals surface area contributed by atoms with Crippen LogP contribution in [0.4, 0.5) is 4.39 Å². The van der Waals surface area contributed by atoms with Gasteiger partial charge < -0.3 is 20.9 Å². The average molecular weight is 447 g/mol. The topological polar surface area (TPSA) is 85.3 Å². The van der Waals surface area contributed by atoms with E-state index in [1.165, 1.54) is 6.07 Å². The maximum Gasteiger partial charge on any atom is 0.143 e. The van der Waals surface area contributed by atoms with Crippen LogP contribution < -0.4 is 11.1 Å². The molecule has 1 atom stereocenters. The average Bonchev–Trinajstić information content (AvgIpc) is 3.24. The van der Waals surface area contributed by atoms with Crippen LogP contribution in [-0.2, 0) is 4.74 Å². The molecule has 1 aliphatic rings. The van der Waals surface area contributed by atoms with Crippen molar-refractivity contribution in [3.63, 3.8) is 0 Å². The van der Waals surface area contributed by atoms with E-state index in [1.807, 2.05) is 30.1 Å². The van der Waals surface area contributed by atoms with Crippen molar-refractivity contribution in [2.24, 2.45) is 5.73 Å². The molecular formula is C23H28ClFN4O2. The summed E-state index contributed by atoms with van der Waals surface area (Å²) < 4.78 is 21.8. The lowest BCUT2D eigenvalue weighted by Crippen LogP contribution is -2.29. The van der Waals surface area contributed by atoms with Gasteiger partial charge in [-0.25, -0.2) is 4.39 Å². The van der Waals surface area contributed by atoms with Crippen molar-refractivity contribution in [3.05, 3.63) is 76.7 Å². The van der Waals surface area contributed by atoms with Crippen molar-refractivity contribution in [1.29, 1.82) is 0 Å². The van der Waals surface area contributed by atoms with Crippen LogP contribution in [0.1, 0.15) is 50.0 Å². The molecule has 1 aromatic heterocycles. The number of aromatic nitrogens is 2. The second-order valence-electron chi connectivity index (χ2n) is 7.52. The number of piperidine rings is 1. The Morgan fingerprint density at radius 1 is 1.45 bits per heavy atom. The summed E-state index contributed by atoms with van der Waals surface area (Å²) >= 11 is 6.05. The number of hydrogen-bond acceptors (Lipinski definition) is 5. The van der Waals surface area contributed by atoms with Gasteiger partial charge in [-0.3, -0.25) is 4.68 Å². The van der Waals surface area contributed by atoms with Gasteiger partial charge in [0.1, 0.15) is 23.4 Å². The van der Waals surface area contributed by atoms with Gasteiger partial charge >= 0.3 is 0 Å². The third-order valence-corrected chi connectivity index (χ3v) is 5.74. The molecule has 1 saturated heterocycles. The fourth-order valence-electron chi connectivity index (χ4n) is 3.63. The van der Waals surface area contributed by atoms with Gasteiger partial charge in [0.05, 0.1) is 28.5 Å². The number of rotatable bonds is 7. The number of halogens is 2. The van der Waals surface area contributed by atoms with Gasteiger partial charge in [-0.1, -0.05) is 24.3 Å². The zero-order valence-electron chi connectivity index (χ0n) is 17.7. The molecule has 0 aliphatic carbocycles. The molecule has 31 heavy (non-hydrogen) atoms. The largest absolute Gasteiger partial charge is 0.507 e. The third kappa shape index (κ3) is 5.29. The minimum absolute atomic E-state index is 0.148. The van der Waals surface area contributed by atoms with E-state index in [0.29, 0.717) is 11.8 Å². The van der Waals surface area contributed by atoms with E-state index in [-0.39, 0.29) is 22.0 Å². The molecule has 6 nitrogen and oxygen atoms in total. The first-order chi connectivity index (χ1) is 14.8. The molecule has 8 heteroatoms. The van der Waals surface area contributed by atoms with Crippen LogP contribution in [0.15, 0.2) is 54.7 Å². The Bertz CT molecular complexity index is 1010. The van der Waals surface area contributed by atoms with E-state index >= 15 is 0 Å². The quantitative estimate of drug-likeness (QED) is 0.418. The Balaban J connectivity index is 1.85. The molecule has 0 saturated carbocycles. The molecule has 4 N–H and O–H groups in total. The van der Waals surface area contributed by atoms with Crippen LogP contribution in [0, 0.1) is 5.82 Å². The van der Waals surface area contributed by atoms with Crippen LogP contribution in [0.2, 0.25) is 5.02 Å². The fraction of sp³-hybridized carbons (Fsp3) is 0.348. The van der Waals surface area contributed by atoms with Gasteiger partial charge in [0.15, 0.2) is 0 Å². The number of nitrogens with two attached hydrogens (primary N) is 1. The first-order valence-electron chi connectivity index (χ1n) is 10.2. The van der Waals surface area contributed by atoms with Gasteiger partial charge in [-0.15, -0.1) is 0 Å².